The molecule has 1 heterocycles. The van der Waals surface area contributed by atoms with Crippen LogP contribution in [0.15, 0.2) is 6.20 Å². The van der Waals surface area contributed by atoms with Crippen molar-refractivity contribution in [1.29, 1.82) is 0 Å². The molecule has 1 N–H and O–H groups in total. The zero-order chi connectivity index (χ0) is 12.7. The molecule has 0 radical (unpaired) electrons. The highest BCUT2D eigenvalue weighted by Gasteiger charge is 2.03. The lowest BCUT2D eigenvalue weighted by atomic mass is 10.2. The maximum absolute atomic E-state index is 4.24. The average Bonchev–Trinajstić information content (AvgIpc) is 2.65. The van der Waals surface area contributed by atoms with Crippen LogP contribution in [0, 0.1) is 6.92 Å². The van der Waals surface area contributed by atoms with E-state index < -0.39 is 0 Å². The monoisotopic (exact) mass is 238 g/mol. The minimum atomic E-state index is 0.917. The molecule has 1 aromatic rings. The number of rotatable bonds is 8. The first-order chi connectivity index (χ1) is 8.19. The van der Waals surface area contributed by atoms with Crippen molar-refractivity contribution in [3.63, 3.8) is 0 Å². The molecule has 0 saturated heterocycles. The molecule has 17 heavy (non-hydrogen) atoms. The third kappa shape index (κ3) is 4.48. The van der Waals surface area contributed by atoms with Gasteiger partial charge >= 0.3 is 0 Å². The fraction of sp³-hybridized carbons (Fsp3) is 0.769. The van der Waals surface area contributed by atoms with Gasteiger partial charge in [-0.25, -0.2) is 0 Å². The summed E-state index contributed by atoms with van der Waals surface area (Å²) in [6.45, 7) is 12.0. The van der Waals surface area contributed by atoms with Crippen LogP contribution in [0.2, 0.25) is 0 Å². The molecule has 1 rings (SSSR count). The van der Waals surface area contributed by atoms with Crippen LogP contribution < -0.4 is 5.32 Å². The van der Waals surface area contributed by atoms with Gasteiger partial charge < -0.3 is 10.2 Å². The van der Waals surface area contributed by atoms with Crippen molar-refractivity contribution in [2.24, 2.45) is 7.05 Å². The molecule has 0 bridgehead atoms. The van der Waals surface area contributed by atoms with Crippen LogP contribution in [-0.4, -0.2) is 40.9 Å². The van der Waals surface area contributed by atoms with E-state index in [1.807, 2.05) is 17.9 Å². The van der Waals surface area contributed by atoms with Gasteiger partial charge in [-0.1, -0.05) is 13.8 Å². The fourth-order valence-corrected chi connectivity index (χ4v) is 2.00. The first-order valence-electron chi connectivity index (χ1n) is 6.59. The van der Waals surface area contributed by atoms with Crippen LogP contribution in [0.3, 0.4) is 0 Å². The second-order valence-corrected chi connectivity index (χ2v) is 4.46. The lowest BCUT2D eigenvalue weighted by Gasteiger charge is -2.17. The molecular formula is C13H26N4. The largest absolute Gasteiger partial charge is 0.311 e. The summed E-state index contributed by atoms with van der Waals surface area (Å²) in [5, 5.41) is 7.72. The predicted octanol–water partition coefficient (Wildman–Crippen LogP) is 1.55. The zero-order valence-corrected chi connectivity index (χ0v) is 11.7. The van der Waals surface area contributed by atoms with E-state index in [2.05, 4.69) is 36.1 Å². The summed E-state index contributed by atoms with van der Waals surface area (Å²) in [4.78, 5) is 2.46. The van der Waals surface area contributed by atoms with Crippen LogP contribution in [0.5, 0.6) is 0 Å². The van der Waals surface area contributed by atoms with Crippen LogP contribution in [-0.2, 0) is 13.6 Å². The number of aromatic nitrogens is 2. The molecule has 0 amide bonds. The van der Waals surface area contributed by atoms with Gasteiger partial charge in [-0.05, 0) is 45.1 Å². The van der Waals surface area contributed by atoms with Crippen molar-refractivity contribution in [1.82, 2.24) is 20.0 Å². The van der Waals surface area contributed by atoms with Gasteiger partial charge in [-0.15, -0.1) is 0 Å². The highest BCUT2D eigenvalue weighted by atomic mass is 15.3. The number of aryl methyl sites for hydroxylation is 2. The Morgan fingerprint density at radius 3 is 2.59 bits per heavy atom. The molecular weight excluding hydrogens is 212 g/mol. The lowest BCUT2D eigenvalue weighted by molar-refractivity contribution is 0.297. The van der Waals surface area contributed by atoms with Gasteiger partial charge in [0.15, 0.2) is 0 Å². The molecule has 0 atom stereocenters. The van der Waals surface area contributed by atoms with E-state index in [4.69, 9.17) is 0 Å². The van der Waals surface area contributed by atoms with Gasteiger partial charge in [-0.3, -0.25) is 4.68 Å². The normalized spacial score (nSPS) is 11.4. The van der Waals surface area contributed by atoms with Gasteiger partial charge in [-0.2, -0.15) is 5.10 Å². The Kier molecular flexibility index (Phi) is 6.22. The second kappa shape index (κ2) is 7.45. The van der Waals surface area contributed by atoms with Gasteiger partial charge in [0.05, 0.1) is 11.9 Å². The van der Waals surface area contributed by atoms with Crippen molar-refractivity contribution >= 4 is 0 Å². The maximum Gasteiger partial charge on any atom is 0.0547 e. The molecule has 0 aliphatic heterocycles. The molecule has 0 fully saturated rings. The molecule has 98 valence electrons. The quantitative estimate of drug-likeness (QED) is 0.698. The summed E-state index contributed by atoms with van der Waals surface area (Å²) in [7, 11) is 2.00. The summed E-state index contributed by atoms with van der Waals surface area (Å²) in [5.74, 6) is 0. The van der Waals surface area contributed by atoms with E-state index in [1.54, 1.807) is 0 Å². The first-order valence-corrected chi connectivity index (χ1v) is 6.59. The summed E-state index contributed by atoms with van der Waals surface area (Å²) in [6.07, 6.45) is 3.13. The van der Waals surface area contributed by atoms with E-state index in [-0.39, 0.29) is 0 Å². The lowest BCUT2D eigenvalue weighted by Crippen LogP contribution is -2.27. The molecule has 0 spiro atoms. The predicted molar refractivity (Wildman–Crippen MR) is 72.1 cm³/mol. The van der Waals surface area contributed by atoms with E-state index in [9.17, 15) is 0 Å². The van der Waals surface area contributed by atoms with Gasteiger partial charge in [0, 0.05) is 13.6 Å². The Balaban J connectivity index is 2.16. The van der Waals surface area contributed by atoms with Gasteiger partial charge in [0.25, 0.3) is 0 Å². The topological polar surface area (TPSA) is 33.1 Å². The number of nitrogens with one attached hydrogen (secondary N) is 1. The molecule has 1 aromatic heterocycles. The van der Waals surface area contributed by atoms with Crippen molar-refractivity contribution in [3.05, 3.63) is 17.5 Å². The average molecular weight is 238 g/mol. The summed E-state index contributed by atoms with van der Waals surface area (Å²) in [6, 6.07) is 0. The molecule has 0 saturated carbocycles. The van der Waals surface area contributed by atoms with Crippen LogP contribution in [0.25, 0.3) is 0 Å². The van der Waals surface area contributed by atoms with Crippen molar-refractivity contribution < 1.29 is 0 Å². The van der Waals surface area contributed by atoms with Gasteiger partial charge in [0.2, 0.25) is 0 Å². The van der Waals surface area contributed by atoms with Crippen LogP contribution in [0.4, 0.5) is 0 Å². The molecule has 4 nitrogen and oxygen atoms in total. The minimum Gasteiger partial charge on any atom is -0.311 e. The maximum atomic E-state index is 4.24. The molecule has 4 heteroatoms. The third-order valence-corrected chi connectivity index (χ3v) is 3.29. The van der Waals surface area contributed by atoms with Crippen molar-refractivity contribution in [3.8, 4) is 0 Å². The summed E-state index contributed by atoms with van der Waals surface area (Å²) < 4.78 is 1.95. The standard InChI is InChI=1S/C13H26N4/c1-5-17(6-2)9-7-8-14-11-13-12(3)10-15-16(13)4/h10,14H,5-9,11H2,1-4H3. The Labute approximate surface area is 105 Å². The molecule has 0 aliphatic rings. The van der Waals surface area contributed by atoms with E-state index in [1.165, 1.54) is 24.2 Å². The number of hydrogen-bond donors (Lipinski definition) is 1. The Morgan fingerprint density at radius 2 is 2.06 bits per heavy atom. The van der Waals surface area contributed by atoms with Crippen molar-refractivity contribution in [2.45, 2.75) is 33.7 Å². The second-order valence-electron chi connectivity index (χ2n) is 4.46. The first kappa shape index (κ1) is 14.2. The minimum absolute atomic E-state index is 0.917. The molecule has 0 aliphatic carbocycles. The Bertz CT molecular complexity index is 296. The Morgan fingerprint density at radius 1 is 1.35 bits per heavy atom. The number of nitrogens with zero attached hydrogens (tertiary/aromatic N) is 3. The summed E-state index contributed by atoms with van der Waals surface area (Å²) in [5.41, 5.74) is 2.55. The van der Waals surface area contributed by atoms with Crippen molar-refractivity contribution in [2.75, 3.05) is 26.2 Å². The Hall–Kier alpha value is -0.870. The summed E-state index contributed by atoms with van der Waals surface area (Å²) >= 11 is 0. The van der Waals surface area contributed by atoms with Crippen LogP contribution in [0.1, 0.15) is 31.5 Å². The zero-order valence-electron chi connectivity index (χ0n) is 11.7. The number of hydrogen-bond acceptors (Lipinski definition) is 3. The molecule has 0 aromatic carbocycles. The van der Waals surface area contributed by atoms with Gasteiger partial charge in [0.1, 0.15) is 0 Å². The fourth-order valence-electron chi connectivity index (χ4n) is 2.00. The van der Waals surface area contributed by atoms with E-state index >= 15 is 0 Å². The third-order valence-electron chi connectivity index (χ3n) is 3.29. The van der Waals surface area contributed by atoms with E-state index in [0.717, 1.165) is 26.2 Å². The van der Waals surface area contributed by atoms with Crippen LogP contribution >= 0.6 is 0 Å². The van der Waals surface area contributed by atoms with E-state index in [0.29, 0.717) is 0 Å². The smallest absolute Gasteiger partial charge is 0.0547 e. The SMILES string of the molecule is CCN(CC)CCCNCc1c(C)cnn1C. The highest BCUT2D eigenvalue weighted by Crippen LogP contribution is 2.04. The highest BCUT2D eigenvalue weighted by molar-refractivity contribution is 5.14. The molecule has 0 unspecified atom stereocenters.